The van der Waals surface area contributed by atoms with Gasteiger partial charge in [-0.25, -0.2) is 0 Å². The first-order valence-corrected chi connectivity index (χ1v) is 6.49. The molecule has 0 saturated heterocycles. The zero-order chi connectivity index (χ0) is 17.8. The third kappa shape index (κ3) is 10500. The third-order valence-electron chi connectivity index (χ3n) is 0.264. The number of hydrogen-bond acceptors (Lipinski definition) is 2. The van der Waals surface area contributed by atoms with Crippen LogP contribution in [0.4, 0.5) is 0 Å². The first kappa shape index (κ1) is 36.3. The van der Waals surface area contributed by atoms with E-state index in [1.165, 1.54) is 6.92 Å². The molecular formula is C18H38O2. The molecule has 0 saturated carbocycles. The number of aliphatic hydroxyl groups excluding tert-OH is 2. The molecule has 1 unspecified atom stereocenters. The largest absolute Gasteiger partial charge is 0.394 e. The van der Waals surface area contributed by atoms with Gasteiger partial charge >= 0.3 is 0 Å². The minimum Gasteiger partial charge on any atom is -0.394 e. The molecule has 0 rings (SSSR count). The van der Waals surface area contributed by atoms with Crippen molar-refractivity contribution >= 4 is 0 Å². The minimum absolute atomic E-state index is 0.139. The fourth-order valence-corrected chi connectivity index (χ4v) is 0. The summed E-state index contributed by atoms with van der Waals surface area (Å²) >= 11 is 0. The van der Waals surface area contributed by atoms with Gasteiger partial charge in [0.15, 0.2) is 0 Å². The zero-order valence-corrected chi connectivity index (χ0v) is 14.6. The molecule has 0 spiro atoms. The lowest BCUT2D eigenvalue weighted by molar-refractivity contribution is 0.110. The van der Waals surface area contributed by atoms with Gasteiger partial charge in [0, 0.05) is 0 Å². The van der Waals surface area contributed by atoms with Crippen molar-refractivity contribution in [2.24, 2.45) is 0 Å². The predicted molar refractivity (Wildman–Crippen MR) is 98.1 cm³/mol. The van der Waals surface area contributed by atoms with E-state index in [0.717, 1.165) is 0 Å². The third-order valence-corrected chi connectivity index (χ3v) is 0.264. The van der Waals surface area contributed by atoms with Gasteiger partial charge in [-0.1, -0.05) is 30.4 Å². The van der Waals surface area contributed by atoms with Crippen LogP contribution in [0.25, 0.3) is 0 Å². The van der Waals surface area contributed by atoms with E-state index in [2.05, 4.69) is 32.9 Å². The second-order valence-corrected chi connectivity index (χ2v) is 3.07. The van der Waals surface area contributed by atoms with Crippen LogP contribution < -0.4 is 0 Å². The number of aliphatic hydroxyl groups is 2. The number of allylic oxidation sites excluding steroid dienone is 5. The van der Waals surface area contributed by atoms with Gasteiger partial charge in [-0.3, -0.25) is 0 Å². The molecule has 0 aromatic carbocycles. The van der Waals surface area contributed by atoms with Gasteiger partial charge in [-0.2, -0.15) is 0 Å². The molecule has 2 N–H and O–H groups in total. The Kier molecular flexibility index (Phi) is 152. The highest BCUT2D eigenvalue weighted by Gasteiger charge is 1.83. The zero-order valence-electron chi connectivity index (χ0n) is 14.6. The van der Waals surface area contributed by atoms with Gasteiger partial charge in [0.05, 0.1) is 12.7 Å². The van der Waals surface area contributed by atoms with Crippen LogP contribution in [0, 0.1) is 0 Å². The molecule has 0 bridgehead atoms. The van der Waals surface area contributed by atoms with Crippen LogP contribution in [0.2, 0.25) is 0 Å². The van der Waals surface area contributed by atoms with Crippen molar-refractivity contribution in [1.82, 2.24) is 0 Å². The normalized spacial score (nSPS) is 7.00. The first-order valence-electron chi connectivity index (χ1n) is 6.49. The lowest BCUT2D eigenvalue weighted by Crippen LogP contribution is -2.03. The molecule has 1 atom stereocenters. The van der Waals surface area contributed by atoms with Crippen molar-refractivity contribution in [3.8, 4) is 0 Å². The molecule has 0 radical (unpaired) electrons. The maximum absolute atomic E-state index is 8.11. The van der Waals surface area contributed by atoms with Crippen LogP contribution in [0.1, 0.15) is 41.5 Å². The molecule has 0 heterocycles. The molecular weight excluding hydrogens is 248 g/mol. The molecule has 0 fully saturated rings. The highest BCUT2D eigenvalue weighted by atomic mass is 16.3. The molecule has 0 aliphatic rings. The Morgan fingerprint density at radius 2 is 0.750 bits per heavy atom. The molecule has 2 heteroatoms. The molecule has 122 valence electrons. The molecule has 0 amide bonds. The van der Waals surface area contributed by atoms with Gasteiger partial charge in [0.25, 0.3) is 0 Å². The van der Waals surface area contributed by atoms with E-state index in [4.69, 9.17) is 10.2 Å². The summed E-state index contributed by atoms with van der Waals surface area (Å²) in [5.41, 5.74) is 0. The van der Waals surface area contributed by atoms with Gasteiger partial charge in [-0.05, 0) is 41.5 Å². The highest BCUT2D eigenvalue weighted by Crippen LogP contribution is 1.68. The topological polar surface area (TPSA) is 40.5 Å². The summed E-state index contributed by atoms with van der Waals surface area (Å²) in [7, 11) is 0. The molecule has 2 nitrogen and oxygen atoms in total. The maximum atomic E-state index is 8.11. The Bertz CT molecular complexity index is 124. The first-order chi connectivity index (χ1) is 9.34. The van der Waals surface area contributed by atoms with Gasteiger partial charge in [0.2, 0.25) is 0 Å². The SMILES string of the molecule is C=CC.C=CC.C=CC.C=CC.C=CC.CC(O)CO. The van der Waals surface area contributed by atoms with E-state index in [1.54, 1.807) is 30.4 Å². The smallest absolute Gasteiger partial charge is 0.0742 e. The predicted octanol–water partition coefficient (Wildman–Crippen LogP) is 5.32. The van der Waals surface area contributed by atoms with Gasteiger partial charge in [-0.15, -0.1) is 32.9 Å². The second-order valence-electron chi connectivity index (χ2n) is 3.07. The van der Waals surface area contributed by atoms with Crippen LogP contribution in [0.5, 0.6) is 0 Å². The Balaban J connectivity index is -0.0000000299. The van der Waals surface area contributed by atoms with E-state index in [0.29, 0.717) is 0 Å². The highest BCUT2D eigenvalue weighted by molar-refractivity contribution is 4.52. The summed E-state index contributed by atoms with van der Waals surface area (Å²) in [5.74, 6) is 0. The Labute approximate surface area is 128 Å². The number of rotatable bonds is 1. The van der Waals surface area contributed by atoms with E-state index >= 15 is 0 Å². The Hall–Kier alpha value is -1.38. The average molecular weight is 286 g/mol. The Morgan fingerprint density at radius 1 is 0.700 bits per heavy atom. The van der Waals surface area contributed by atoms with Gasteiger partial charge < -0.3 is 10.2 Å². The molecule has 0 aromatic heterocycles. The van der Waals surface area contributed by atoms with Crippen LogP contribution in [0.15, 0.2) is 63.3 Å². The van der Waals surface area contributed by atoms with E-state index < -0.39 is 6.10 Å². The summed E-state index contributed by atoms with van der Waals surface area (Å²) < 4.78 is 0. The lowest BCUT2D eigenvalue weighted by atomic mass is 10.5. The van der Waals surface area contributed by atoms with Crippen molar-refractivity contribution < 1.29 is 10.2 Å². The van der Waals surface area contributed by atoms with E-state index in [9.17, 15) is 0 Å². The monoisotopic (exact) mass is 286 g/mol. The average Bonchev–Trinajstić information content (AvgIpc) is 2.34. The van der Waals surface area contributed by atoms with Crippen molar-refractivity contribution in [3.05, 3.63) is 63.3 Å². The summed E-state index contributed by atoms with van der Waals surface area (Å²) in [6, 6.07) is 0. The van der Waals surface area contributed by atoms with Crippen LogP contribution in [-0.4, -0.2) is 22.9 Å². The van der Waals surface area contributed by atoms with E-state index in [-0.39, 0.29) is 6.61 Å². The van der Waals surface area contributed by atoms with Crippen molar-refractivity contribution in [2.45, 2.75) is 47.6 Å². The van der Waals surface area contributed by atoms with Crippen LogP contribution >= 0.6 is 0 Å². The summed E-state index contributed by atoms with van der Waals surface area (Å²) in [6.45, 7) is 27.6. The summed E-state index contributed by atoms with van der Waals surface area (Å²) in [6.07, 6.45) is 8.19. The number of hydrogen-bond donors (Lipinski definition) is 2. The van der Waals surface area contributed by atoms with E-state index in [1.807, 2.05) is 34.6 Å². The van der Waals surface area contributed by atoms with Crippen molar-refractivity contribution in [1.29, 1.82) is 0 Å². The van der Waals surface area contributed by atoms with Crippen molar-refractivity contribution in [3.63, 3.8) is 0 Å². The Morgan fingerprint density at radius 3 is 0.750 bits per heavy atom. The molecule has 0 aliphatic heterocycles. The van der Waals surface area contributed by atoms with Gasteiger partial charge in [0.1, 0.15) is 0 Å². The standard InChI is InChI=1S/C3H8O2.5C3H6/c1-3(5)2-4;5*1-3-2/h3-5H,2H2,1H3;5*3H,1H2,2H3. The second kappa shape index (κ2) is 83.8. The molecule has 0 aromatic rings. The minimum atomic E-state index is -0.560. The fourth-order valence-electron chi connectivity index (χ4n) is 0. The summed E-state index contributed by atoms with van der Waals surface area (Å²) in [4.78, 5) is 0. The van der Waals surface area contributed by atoms with Crippen LogP contribution in [0.3, 0.4) is 0 Å². The van der Waals surface area contributed by atoms with Crippen molar-refractivity contribution in [2.75, 3.05) is 6.61 Å². The summed E-state index contributed by atoms with van der Waals surface area (Å²) in [5, 5.41) is 16.0. The molecule has 0 aliphatic carbocycles. The quantitative estimate of drug-likeness (QED) is 0.640. The molecule has 20 heavy (non-hydrogen) atoms. The lowest BCUT2D eigenvalue weighted by Gasteiger charge is -1.90. The maximum Gasteiger partial charge on any atom is 0.0742 e. The van der Waals surface area contributed by atoms with Crippen LogP contribution in [-0.2, 0) is 0 Å². The fraction of sp³-hybridized carbons (Fsp3) is 0.444.